The highest BCUT2D eigenvalue weighted by molar-refractivity contribution is 9.08. The van der Waals surface area contributed by atoms with Gasteiger partial charge in [-0.05, 0) is 17.5 Å². The Balaban J connectivity index is 2.77. The van der Waals surface area contributed by atoms with Gasteiger partial charge in [0.15, 0.2) is 0 Å². The van der Waals surface area contributed by atoms with E-state index in [0.717, 1.165) is 17.4 Å². The molecule has 1 nitrogen and oxygen atoms in total. The lowest BCUT2D eigenvalue weighted by Gasteiger charge is -2.06. The van der Waals surface area contributed by atoms with E-state index in [1.807, 2.05) is 5.38 Å². The molecule has 0 radical (unpaired) electrons. The van der Waals surface area contributed by atoms with Crippen molar-refractivity contribution in [3.05, 3.63) is 28.6 Å². The zero-order valence-electron chi connectivity index (χ0n) is 8.01. The molecule has 0 spiro atoms. The van der Waals surface area contributed by atoms with E-state index in [2.05, 4.69) is 35.0 Å². The van der Waals surface area contributed by atoms with E-state index in [9.17, 15) is 0 Å². The van der Waals surface area contributed by atoms with Crippen LogP contribution in [0.1, 0.15) is 18.1 Å². The Labute approximate surface area is 96.1 Å². The number of benzene rings is 1. The molecule has 2 rings (SSSR count). The van der Waals surface area contributed by atoms with Gasteiger partial charge in [-0.15, -0.1) is 11.3 Å². The predicted molar refractivity (Wildman–Crippen MR) is 68.2 cm³/mol. The molecule has 1 aromatic carbocycles. The number of rotatable bonds is 2. The van der Waals surface area contributed by atoms with E-state index in [0.29, 0.717) is 0 Å². The normalized spacial score (nSPS) is 11.0. The molecule has 74 valence electrons. The Morgan fingerprint density at radius 1 is 1.43 bits per heavy atom. The smallest absolute Gasteiger partial charge is 0.0502 e. The molecule has 0 atom stereocenters. The average Bonchev–Trinajstić information content (AvgIpc) is 2.59. The number of nitrogen functional groups attached to an aromatic ring is 1. The van der Waals surface area contributed by atoms with Crippen LogP contribution in [0.2, 0.25) is 0 Å². The van der Waals surface area contributed by atoms with Gasteiger partial charge in [0.2, 0.25) is 0 Å². The summed E-state index contributed by atoms with van der Waals surface area (Å²) >= 11 is 5.29. The molecule has 0 aliphatic carbocycles. The lowest BCUT2D eigenvalue weighted by molar-refractivity contribution is 1.12. The Hall–Kier alpha value is -0.540. The zero-order chi connectivity index (χ0) is 10.1. The van der Waals surface area contributed by atoms with Crippen molar-refractivity contribution in [2.75, 3.05) is 5.73 Å². The number of nitrogens with two attached hydrogens (primary N) is 1. The molecule has 0 unspecified atom stereocenters. The van der Waals surface area contributed by atoms with Gasteiger partial charge in [-0.25, -0.2) is 0 Å². The van der Waals surface area contributed by atoms with Crippen LogP contribution in [0.25, 0.3) is 10.1 Å². The summed E-state index contributed by atoms with van der Waals surface area (Å²) in [7, 11) is 0. The number of anilines is 1. The lowest BCUT2D eigenvalue weighted by atomic mass is 10.0. The van der Waals surface area contributed by atoms with Crippen molar-refractivity contribution < 1.29 is 0 Å². The van der Waals surface area contributed by atoms with Crippen molar-refractivity contribution in [1.29, 1.82) is 0 Å². The number of hydrogen-bond donors (Lipinski definition) is 1. The van der Waals surface area contributed by atoms with E-state index in [1.165, 1.54) is 21.2 Å². The second-order valence-corrected chi connectivity index (χ2v) is 4.70. The van der Waals surface area contributed by atoms with E-state index in [4.69, 9.17) is 5.73 Å². The van der Waals surface area contributed by atoms with Gasteiger partial charge in [-0.3, -0.25) is 0 Å². The summed E-state index contributed by atoms with van der Waals surface area (Å²) in [6.07, 6.45) is 1.08. The SMILES string of the molecule is CCc1ccc2c(N)csc2c1CBr. The van der Waals surface area contributed by atoms with Crippen LogP contribution in [0.15, 0.2) is 17.5 Å². The van der Waals surface area contributed by atoms with E-state index >= 15 is 0 Å². The van der Waals surface area contributed by atoms with Gasteiger partial charge in [0.1, 0.15) is 0 Å². The predicted octanol–water partition coefficient (Wildman–Crippen LogP) is 3.94. The minimum Gasteiger partial charge on any atom is -0.398 e. The first-order valence-corrected chi connectivity index (χ1v) is 6.61. The molecule has 2 N–H and O–H groups in total. The highest BCUT2D eigenvalue weighted by atomic mass is 79.9. The van der Waals surface area contributed by atoms with Crippen molar-refractivity contribution >= 4 is 43.0 Å². The van der Waals surface area contributed by atoms with E-state index in [1.54, 1.807) is 11.3 Å². The second-order valence-electron chi connectivity index (χ2n) is 3.26. The number of thiophene rings is 1. The second kappa shape index (κ2) is 3.91. The Bertz CT molecular complexity index is 462. The van der Waals surface area contributed by atoms with Gasteiger partial charge in [-0.2, -0.15) is 0 Å². The Morgan fingerprint density at radius 3 is 2.86 bits per heavy atom. The van der Waals surface area contributed by atoms with Gasteiger partial charge >= 0.3 is 0 Å². The van der Waals surface area contributed by atoms with Gasteiger partial charge < -0.3 is 5.73 Å². The minimum atomic E-state index is 0.898. The molecule has 0 fully saturated rings. The van der Waals surface area contributed by atoms with Crippen molar-refractivity contribution in [1.82, 2.24) is 0 Å². The number of hydrogen-bond acceptors (Lipinski definition) is 2. The molecule has 1 heterocycles. The standard InChI is InChI=1S/C11H12BrNS/c1-2-7-3-4-8-10(13)6-14-11(8)9(7)5-12/h3-4,6H,2,5,13H2,1H3. The highest BCUT2D eigenvalue weighted by Gasteiger charge is 2.08. The van der Waals surface area contributed by atoms with Crippen LogP contribution < -0.4 is 5.73 Å². The summed E-state index contributed by atoms with van der Waals surface area (Å²) < 4.78 is 1.33. The molecular formula is C11H12BrNS. The lowest BCUT2D eigenvalue weighted by Crippen LogP contribution is -1.90. The van der Waals surface area contributed by atoms with Gasteiger partial charge in [0.05, 0.1) is 5.69 Å². The topological polar surface area (TPSA) is 26.0 Å². The van der Waals surface area contributed by atoms with Crippen LogP contribution in [-0.4, -0.2) is 0 Å². The highest BCUT2D eigenvalue weighted by Crippen LogP contribution is 2.34. The maximum atomic E-state index is 5.89. The van der Waals surface area contributed by atoms with Crippen molar-refractivity contribution in [2.24, 2.45) is 0 Å². The third-order valence-corrected chi connectivity index (χ3v) is 4.12. The molecule has 1 aromatic heterocycles. The first-order valence-electron chi connectivity index (χ1n) is 4.61. The molecule has 0 amide bonds. The fourth-order valence-corrected chi connectivity index (χ4v) is 3.55. The summed E-state index contributed by atoms with van der Waals surface area (Å²) in [6, 6.07) is 4.31. The third kappa shape index (κ3) is 1.44. The van der Waals surface area contributed by atoms with E-state index < -0.39 is 0 Å². The number of fused-ring (bicyclic) bond motifs is 1. The quantitative estimate of drug-likeness (QED) is 0.822. The van der Waals surface area contributed by atoms with Crippen LogP contribution >= 0.6 is 27.3 Å². The minimum absolute atomic E-state index is 0.898. The molecule has 14 heavy (non-hydrogen) atoms. The van der Waals surface area contributed by atoms with Gasteiger partial charge in [-0.1, -0.05) is 35.0 Å². The summed E-state index contributed by atoms with van der Waals surface area (Å²) in [5, 5.41) is 4.13. The maximum absolute atomic E-state index is 5.89. The van der Waals surface area contributed by atoms with Gasteiger partial charge in [0.25, 0.3) is 0 Å². The molecule has 2 aromatic rings. The van der Waals surface area contributed by atoms with Crippen molar-refractivity contribution in [3.8, 4) is 0 Å². The van der Waals surface area contributed by atoms with Crippen LogP contribution in [0.3, 0.4) is 0 Å². The molecule has 3 heteroatoms. The fourth-order valence-electron chi connectivity index (χ4n) is 1.69. The third-order valence-electron chi connectivity index (χ3n) is 2.49. The number of aryl methyl sites for hydroxylation is 1. The van der Waals surface area contributed by atoms with Crippen LogP contribution in [0.4, 0.5) is 5.69 Å². The number of halogens is 1. The Kier molecular flexibility index (Phi) is 2.79. The summed E-state index contributed by atoms with van der Waals surface area (Å²) in [5.74, 6) is 0. The van der Waals surface area contributed by atoms with Crippen molar-refractivity contribution in [3.63, 3.8) is 0 Å². The largest absolute Gasteiger partial charge is 0.398 e. The van der Waals surface area contributed by atoms with Gasteiger partial charge in [0, 0.05) is 20.8 Å². The maximum Gasteiger partial charge on any atom is 0.0502 e. The molecular weight excluding hydrogens is 258 g/mol. The first kappa shape index (κ1) is 9.99. The summed E-state index contributed by atoms with van der Waals surface area (Å²) in [4.78, 5) is 0. The van der Waals surface area contributed by atoms with E-state index in [-0.39, 0.29) is 0 Å². The Morgan fingerprint density at radius 2 is 2.21 bits per heavy atom. The first-order chi connectivity index (χ1) is 6.77. The molecule has 0 bridgehead atoms. The molecule has 0 saturated heterocycles. The monoisotopic (exact) mass is 269 g/mol. The fraction of sp³-hybridized carbons (Fsp3) is 0.273. The number of alkyl halides is 1. The van der Waals surface area contributed by atoms with Crippen molar-refractivity contribution in [2.45, 2.75) is 18.7 Å². The zero-order valence-corrected chi connectivity index (χ0v) is 10.4. The van der Waals surface area contributed by atoms with Crippen LogP contribution in [-0.2, 0) is 11.8 Å². The summed E-state index contributed by atoms with van der Waals surface area (Å²) in [6.45, 7) is 2.18. The molecule has 0 aliphatic rings. The summed E-state index contributed by atoms with van der Waals surface area (Å²) in [5.41, 5.74) is 9.59. The molecule has 0 saturated carbocycles. The van der Waals surface area contributed by atoms with Crippen LogP contribution in [0, 0.1) is 0 Å². The van der Waals surface area contributed by atoms with Crippen LogP contribution in [0.5, 0.6) is 0 Å². The average molecular weight is 270 g/mol. The molecule has 0 aliphatic heterocycles.